The van der Waals surface area contributed by atoms with Gasteiger partial charge in [-0.2, -0.15) is 0 Å². The maximum atomic E-state index is 13.0. The summed E-state index contributed by atoms with van der Waals surface area (Å²) in [7, 11) is 0. The molecule has 0 fully saturated rings. The molecule has 4 heteroatoms. The van der Waals surface area contributed by atoms with Crippen LogP contribution in [0.4, 0.5) is 4.39 Å². The van der Waals surface area contributed by atoms with E-state index in [1.807, 2.05) is 0 Å². The molecule has 1 aromatic rings. The molecule has 0 spiro atoms. The number of aldehydes is 3. The molecular formula is C9H5FO3. The minimum absolute atomic E-state index is 0.102. The molecule has 0 aliphatic carbocycles. The lowest BCUT2D eigenvalue weighted by Crippen LogP contribution is -1.97. The highest BCUT2D eigenvalue weighted by molar-refractivity contribution is 5.88. The van der Waals surface area contributed by atoms with Gasteiger partial charge in [0.2, 0.25) is 0 Å². The maximum absolute atomic E-state index is 13.0. The van der Waals surface area contributed by atoms with Gasteiger partial charge in [-0.3, -0.25) is 14.4 Å². The molecule has 0 aliphatic heterocycles. The quantitative estimate of drug-likeness (QED) is 0.658. The van der Waals surface area contributed by atoms with Crippen LogP contribution in [0, 0.1) is 5.82 Å². The predicted molar refractivity (Wildman–Crippen MR) is 42.6 cm³/mol. The summed E-state index contributed by atoms with van der Waals surface area (Å²) < 4.78 is 13.0. The van der Waals surface area contributed by atoms with Crippen molar-refractivity contribution < 1.29 is 18.8 Å². The van der Waals surface area contributed by atoms with Crippen LogP contribution in [0.2, 0.25) is 0 Å². The highest BCUT2D eigenvalue weighted by Gasteiger charge is 2.08. The van der Waals surface area contributed by atoms with Gasteiger partial charge in [0, 0.05) is 5.56 Å². The monoisotopic (exact) mass is 180 g/mol. The number of benzene rings is 1. The van der Waals surface area contributed by atoms with Crippen molar-refractivity contribution in [3.8, 4) is 0 Å². The summed E-state index contributed by atoms with van der Waals surface area (Å²) in [5.74, 6) is -0.893. The summed E-state index contributed by atoms with van der Waals surface area (Å²) in [4.78, 5) is 30.9. The SMILES string of the molecule is O=Cc1cc(C=O)c(F)c(C=O)c1. The first-order valence-corrected chi connectivity index (χ1v) is 3.42. The van der Waals surface area contributed by atoms with Crippen molar-refractivity contribution in [2.45, 2.75) is 0 Å². The second-order valence-electron chi connectivity index (χ2n) is 2.37. The molecule has 0 heterocycles. The van der Waals surface area contributed by atoms with Gasteiger partial charge in [-0.05, 0) is 12.1 Å². The first kappa shape index (κ1) is 9.25. The molecule has 0 saturated heterocycles. The van der Waals surface area contributed by atoms with E-state index in [9.17, 15) is 18.8 Å². The average molecular weight is 180 g/mol. The third kappa shape index (κ3) is 1.66. The van der Waals surface area contributed by atoms with Gasteiger partial charge in [0.25, 0.3) is 0 Å². The van der Waals surface area contributed by atoms with Crippen molar-refractivity contribution >= 4 is 18.9 Å². The van der Waals surface area contributed by atoms with Crippen molar-refractivity contribution in [1.29, 1.82) is 0 Å². The van der Waals surface area contributed by atoms with Gasteiger partial charge >= 0.3 is 0 Å². The third-order valence-corrected chi connectivity index (χ3v) is 1.54. The van der Waals surface area contributed by atoms with Gasteiger partial charge in [0.1, 0.15) is 12.1 Å². The molecule has 0 unspecified atom stereocenters. The van der Waals surface area contributed by atoms with Crippen LogP contribution in [0.1, 0.15) is 31.1 Å². The largest absolute Gasteiger partial charge is 0.298 e. The molecule has 3 nitrogen and oxygen atoms in total. The fraction of sp³-hybridized carbons (Fsp3) is 0. The average Bonchev–Trinajstić information content (AvgIpc) is 2.18. The van der Waals surface area contributed by atoms with E-state index in [-0.39, 0.29) is 29.3 Å². The Kier molecular flexibility index (Phi) is 2.64. The van der Waals surface area contributed by atoms with Gasteiger partial charge in [-0.25, -0.2) is 4.39 Å². The molecule has 13 heavy (non-hydrogen) atoms. The van der Waals surface area contributed by atoms with Gasteiger partial charge < -0.3 is 0 Å². The van der Waals surface area contributed by atoms with Crippen LogP contribution in [0.15, 0.2) is 12.1 Å². The van der Waals surface area contributed by atoms with Gasteiger partial charge in [0.15, 0.2) is 12.6 Å². The summed E-state index contributed by atoms with van der Waals surface area (Å²) >= 11 is 0. The molecular weight excluding hydrogens is 175 g/mol. The Bertz CT molecular complexity index is 342. The Morgan fingerprint density at radius 3 is 1.69 bits per heavy atom. The highest BCUT2D eigenvalue weighted by Crippen LogP contribution is 2.12. The van der Waals surface area contributed by atoms with Gasteiger partial charge in [-0.1, -0.05) is 0 Å². The molecule has 0 bridgehead atoms. The predicted octanol–water partition coefficient (Wildman–Crippen LogP) is 1.26. The summed E-state index contributed by atoms with van der Waals surface area (Å²) in [5.41, 5.74) is -0.469. The van der Waals surface area contributed by atoms with Crippen molar-refractivity contribution in [2.24, 2.45) is 0 Å². The van der Waals surface area contributed by atoms with Crippen LogP contribution in [0.5, 0.6) is 0 Å². The lowest BCUT2D eigenvalue weighted by atomic mass is 10.1. The minimum Gasteiger partial charge on any atom is -0.298 e. The van der Waals surface area contributed by atoms with E-state index in [4.69, 9.17) is 0 Å². The van der Waals surface area contributed by atoms with E-state index in [1.165, 1.54) is 0 Å². The second-order valence-corrected chi connectivity index (χ2v) is 2.37. The summed E-state index contributed by atoms with van der Waals surface area (Å²) in [6.07, 6.45) is 0.962. The fourth-order valence-electron chi connectivity index (χ4n) is 0.934. The van der Waals surface area contributed by atoms with Gasteiger partial charge in [-0.15, -0.1) is 0 Å². The van der Waals surface area contributed by atoms with Crippen LogP contribution < -0.4 is 0 Å². The number of hydrogen-bond donors (Lipinski definition) is 0. The van der Waals surface area contributed by atoms with E-state index in [0.717, 1.165) is 12.1 Å². The Balaban J connectivity index is 3.44. The summed E-state index contributed by atoms with van der Waals surface area (Å²) in [6, 6.07) is 2.17. The summed E-state index contributed by atoms with van der Waals surface area (Å²) in [6.45, 7) is 0. The zero-order valence-corrected chi connectivity index (χ0v) is 6.49. The Morgan fingerprint density at radius 1 is 0.923 bits per heavy atom. The summed E-state index contributed by atoms with van der Waals surface area (Å²) in [5, 5.41) is 0. The number of hydrogen-bond acceptors (Lipinski definition) is 3. The van der Waals surface area contributed by atoms with Crippen LogP contribution >= 0.6 is 0 Å². The molecule has 1 rings (SSSR count). The Morgan fingerprint density at radius 2 is 1.38 bits per heavy atom. The first-order valence-electron chi connectivity index (χ1n) is 3.42. The van der Waals surface area contributed by atoms with E-state index in [0.29, 0.717) is 6.29 Å². The van der Waals surface area contributed by atoms with Crippen LogP contribution in [0.3, 0.4) is 0 Å². The standard InChI is InChI=1S/C9H5FO3/c10-9-7(4-12)1-6(3-11)2-8(9)5-13/h1-5H. The van der Waals surface area contributed by atoms with Gasteiger partial charge in [0.05, 0.1) is 11.1 Å². The van der Waals surface area contributed by atoms with Crippen molar-refractivity contribution in [3.63, 3.8) is 0 Å². The molecule has 0 atom stereocenters. The lowest BCUT2D eigenvalue weighted by Gasteiger charge is -1.98. The van der Waals surface area contributed by atoms with E-state index >= 15 is 0 Å². The molecule has 0 radical (unpaired) electrons. The number of rotatable bonds is 3. The Hall–Kier alpha value is -1.84. The maximum Gasteiger partial charge on any atom is 0.153 e. The minimum atomic E-state index is -0.893. The molecule has 0 aliphatic rings. The second kappa shape index (κ2) is 3.71. The molecule has 0 saturated carbocycles. The van der Waals surface area contributed by atoms with Crippen molar-refractivity contribution in [2.75, 3.05) is 0 Å². The topological polar surface area (TPSA) is 51.2 Å². The number of halogens is 1. The van der Waals surface area contributed by atoms with Crippen LogP contribution in [-0.4, -0.2) is 18.9 Å². The number of carbonyl (C=O) groups excluding carboxylic acids is 3. The first-order chi connectivity index (χ1) is 6.22. The molecule has 1 aromatic carbocycles. The molecule has 66 valence electrons. The molecule has 0 amide bonds. The van der Waals surface area contributed by atoms with E-state index in [2.05, 4.69) is 0 Å². The van der Waals surface area contributed by atoms with Crippen molar-refractivity contribution in [1.82, 2.24) is 0 Å². The van der Waals surface area contributed by atoms with E-state index in [1.54, 1.807) is 0 Å². The van der Waals surface area contributed by atoms with E-state index < -0.39 is 5.82 Å². The molecule has 0 aromatic heterocycles. The van der Waals surface area contributed by atoms with Crippen molar-refractivity contribution in [3.05, 3.63) is 34.6 Å². The smallest absolute Gasteiger partial charge is 0.153 e. The third-order valence-electron chi connectivity index (χ3n) is 1.54. The molecule has 0 N–H and O–H groups in total. The zero-order chi connectivity index (χ0) is 9.84. The Labute approximate surface area is 73.2 Å². The number of carbonyl (C=O) groups is 3. The lowest BCUT2D eigenvalue weighted by molar-refractivity contribution is 0.111. The van der Waals surface area contributed by atoms with Crippen LogP contribution in [-0.2, 0) is 0 Å². The fourth-order valence-corrected chi connectivity index (χ4v) is 0.934. The normalized spacial score (nSPS) is 9.31. The zero-order valence-electron chi connectivity index (χ0n) is 6.49. The highest BCUT2D eigenvalue weighted by atomic mass is 19.1. The van der Waals surface area contributed by atoms with Crippen LogP contribution in [0.25, 0.3) is 0 Å².